The summed E-state index contributed by atoms with van der Waals surface area (Å²) in [4.78, 5) is 16.5. The number of aromatic nitrogens is 1. The average Bonchev–Trinajstić information content (AvgIpc) is 2.67. The second-order valence-electron chi connectivity index (χ2n) is 3.39. The molecule has 2 aromatic rings. The molecule has 0 spiro atoms. The Bertz CT molecular complexity index is 539. The van der Waals surface area contributed by atoms with E-state index in [1.165, 1.54) is 11.3 Å². The molecule has 0 aliphatic heterocycles. The van der Waals surface area contributed by atoms with Crippen molar-refractivity contribution in [1.29, 1.82) is 0 Å². The molecule has 0 aliphatic carbocycles. The van der Waals surface area contributed by atoms with Gasteiger partial charge >= 0.3 is 6.03 Å². The number of rotatable bonds is 2. The fraction of sp³-hybridized carbons (Fsp3) is 0.0909. The van der Waals surface area contributed by atoms with E-state index in [0.717, 1.165) is 10.6 Å². The maximum absolute atomic E-state index is 11.7. The molecule has 88 valence electrons. The summed E-state index contributed by atoms with van der Waals surface area (Å²) in [6.07, 6.45) is 0. The van der Waals surface area contributed by atoms with Crippen LogP contribution in [0.15, 0.2) is 34.5 Å². The topological polar surface area (TPSA) is 54.0 Å². The molecule has 0 unspecified atom stereocenters. The van der Waals surface area contributed by atoms with Gasteiger partial charge < -0.3 is 5.32 Å². The molecule has 17 heavy (non-hydrogen) atoms. The van der Waals surface area contributed by atoms with E-state index in [0.29, 0.717) is 10.8 Å². The molecule has 0 atom stereocenters. The number of benzene rings is 1. The van der Waals surface area contributed by atoms with Gasteiger partial charge in [-0.3, -0.25) is 5.32 Å². The predicted octanol–water partition coefficient (Wildman–Crippen LogP) is 3.38. The van der Waals surface area contributed by atoms with Crippen LogP contribution in [0.1, 0.15) is 5.69 Å². The molecule has 0 aliphatic rings. The van der Waals surface area contributed by atoms with Crippen LogP contribution in [0.3, 0.4) is 0 Å². The minimum Gasteiger partial charge on any atom is -0.307 e. The van der Waals surface area contributed by atoms with Gasteiger partial charge in [-0.15, -0.1) is 24.0 Å². The fourth-order valence-corrected chi connectivity index (χ4v) is 2.14. The second-order valence-corrected chi connectivity index (χ2v) is 4.73. The minimum atomic E-state index is -0.319. The number of hydrogen-bond donors (Lipinski definition) is 3. The molecule has 2 rings (SSSR count). The largest absolute Gasteiger partial charge is 0.325 e. The van der Waals surface area contributed by atoms with Crippen LogP contribution >= 0.6 is 24.0 Å². The fourth-order valence-electron chi connectivity index (χ4n) is 1.24. The lowest BCUT2D eigenvalue weighted by Crippen LogP contribution is -2.19. The third-order valence-corrected chi connectivity index (χ3v) is 3.26. The summed E-state index contributed by atoms with van der Waals surface area (Å²) < 4.78 is 0. The van der Waals surface area contributed by atoms with Crippen molar-refractivity contribution < 1.29 is 4.79 Å². The number of aryl methyl sites for hydroxylation is 1. The lowest BCUT2D eigenvalue weighted by Gasteiger charge is -2.07. The number of hydrogen-bond acceptors (Lipinski definition) is 4. The quantitative estimate of drug-likeness (QED) is 0.729. The molecule has 4 nitrogen and oxygen atoms in total. The van der Waals surface area contributed by atoms with E-state index in [4.69, 9.17) is 0 Å². The third-order valence-electron chi connectivity index (χ3n) is 1.99. The standard InChI is InChI=1S/C11H11N3OS2/c1-7-6-17-11(12-7)14-10(15)13-8-4-2-3-5-9(8)16/h2-6,16H,1H3,(H2,12,13,14,15). The molecule has 0 bridgehead atoms. The van der Waals surface area contributed by atoms with Crippen LogP contribution in [-0.2, 0) is 0 Å². The van der Waals surface area contributed by atoms with Gasteiger partial charge in [-0.1, -0.05) is 12.1 Å². The molecular formula is C11H11N3OS2. The summed E-state index contributed by atoms with van der Waals surface area (Å²) in [5, 5.41) is 7.83. The molecule has 6 heteroatoms. The van der Waals surface area contributed by atoms with Gasteiger partial charge in [0.25, 0.3) is 0 Å². The molecule has 1 heterocycles. The van der Waals surface area contributed by atoms with Crippen molar-refractivity contribution >= 4 is 40.8 Å². The number of nitrogens with one attached hydrogen (secondary N) is 2. The number of amides is 2. The first-order valence-corrected chi connectivity index (χ1v) is 6.26. The van der Waals surface area contributed by atoms with E-state index < -0.39 is 0 Å². The highest BCUT2D eigenvalue weighted by Gasteiger charge is 2.06. The number of urea groups is 1. The number of carbonyl (C=O) groups excluding carboxylic acids is 1. The Balaban J connectivity index is 2.01. The number of carbonyl (C=O) groups is 1. The maximum atomic E-state index is 11.7. The zero-order valence-electron chi connectivity index (χ0n) is 9.10. The molecule has 0 saturated carbocycles. The Morgan fingerprint density at radius 2 is 2.12 bits per heavy atom. The van der Waals surface area contributed by atoms with Crippen molar-refractivity contribution in [2.24, 2.45) is 0 Å². The number of nitrogens with zero attached hydrogens (tertiary/aromatic N) is 1. The number of thiol groups is 1. The lowest BCUT2D eigenvalue weighted by atomic mass is 10.3. The summed E-state index contributed by atoms with van der Waals surface area (Å²) in [7, 11) is 0. The Hall–Kier alpha value is -1.53. The van der Waals surface area contributed by atoms with Gasteiger partial charge in [-0.2, -0.15) is 0 Å². The Labute approximate surface area is 108 Å². The van der Waals surface area contributed by atoms with E-state index in [1.807, 2.05) is 30.5 Å². The Morgan fingerprint density at radius 3 is 2.76 bits per heavy atom. The highest BCUT2D eigenvalue weighted by atomic mass is 32.1. The second kappa shape index (κ2) is 5.20. The van der Waals surface area contributed by atoms with Gasteiger partial charge in [0.2, 0.25) is 0 Å². The molecule has 1 aromatic carbocycles. The van der Waals surface area contributed by atoms with E-state index >= 15 is 0 Å². The molecule has 0 fully saturated rings. The summed E-state index contributed by atoms with van der Waals surface area (Å²) in [5.41, 5.74) is 1.56. The smallest absolute Gasteiger partial charge is 0.307 e. The van der Waals surface area contributed by atoms with Gasteiger partial charge in [0.05, 0.1) is 11.4 Å². The number of thiazole rings is 1. The van der Waals surface area contributed by atoms with Crippen molar-refractivity contribution in [3.8, 4) is 0 Å². The summed E-state index contributed by atoms with van der Waals surface area (Å²) in [6.45, 7) is 1.88. The lowest BCUT2D eigenvalue weighted by molar-refractivity contribution is 0.262. The summed E-state index contributed by atoms with van der Waals surface area (Å²) in [6, 6.07) is 6.97. The number of anilines is 2. The van der Waals surface area contributed by atoms with E-state index in [2.05, 4.69) is 28.2 Å². The van der Waals surface area contributed by atoms with Crippen molar-refractivity contribution in [3.63, 3.8) is 0 Å². The minimum absolute atomic E-state index is 0.319. The molecule has 0 radical (unpaired) electrons. The maximum Gasteiger partial charge on any atom is 0.325 e. The van der Waals surface area contributed by atoms with Gasteiger partial charge in [0, 0.05) is 10.3 Å². The highest BCUT2D eigenvalue weighted by Crippen LogP contribution is 2.19. The average molecular weight is 265 g/mol. The van der Waals surface area contributed by atoms with Crippen LogP contribution in [0.2, 0.25) is 0 Å². The van der Waals surface area contributed by atoms with Gasteiger partial charge in [0.1, 0.15) is 0 Å². The van der Waals surface area contributed by atoms with Gasteiger partial charge in [-0.05, 0) is 19.1 Å². The predicted molar refractivity (Wildman–Crippen MR) is 73.2 cm³/mol. The molecule has 2 amide bonds. The summed E-state index contributed by atoms with van der Waals surface area (Å²) >= 11 is 5.64. The van der Waals surface area contributed by atoms with Crippen LogP contribution in [-0.4, -0.2) is 11.0 Å². The van der Waals surface area contributed by atoms with Crippen molar-refractivity contribution in [2.45, 2.75) is 11.8 Å². The first kappa shape index (κ1) is 11.9. The van der Waals surface area contributed by atoms with Crippen molar-refractivity contribution in [2.75, 3.05) is 10.6 Å². The first-order valence-electron chi connectivity index (χ1n) is 4.93. The Kier molecular flexibility index (Phi) is 3.65. The van der Waals surface area contributed by atoms with Crippen LogP contribution in [0, 0.1) is 6.92 Å². The van der Waals surface area contributed by atoms with Crippen LogP contribution < -0.4 is 10.6 Å². The van der Waals surface area contributed by atoms with E-state index in [-0.39, 0.29) is 6.03 Å². The van der Waals surface area contributed by atoms with Crippen molar-refractivity contribution in [1.82, 2.24) is 4.98 Å². The van der Waals surface area contributed by atoms with Crippen LogP contribution in [0.4, 0.5) is 15.6 Å². The Morgan fingerprint density at radius 1 is 1.35 bits per heavy atom. The van der Waals surface area contributed by atoms with Crippen LogP contribution in [0.5, 0.6) is 0 Å². The monoisotopic (exact) mass is 265 g/mol. The van der Waals surface area contributed by atoms with Crippen LogP contribution in [0.25, 0.3) is 0 Å². The zero-order valence-corrected chi connectivity index (χ0v) is 10.8. The number of para-hydroxylation sites is 1. The first-order chi connectivity index (χ1) is 8.15. The highest BCUT2D eigenvalue weighted by molar-refractivity contribution is 7.80. The molecule has 1 aromatic heterocycles. The van der Waals surface area contributed by atoms with Crippen molar-refractivity contribution in [3.05, 3.63) is 35.3 Å². The normalized spacial score (nSPS) is 10.0. The molecule has 0 saturated heterocycles. The third kappa shape index (κ3) is 3.21. The molecular weight excluding hydrogens is 254 g/mol. The SMILES string of the molecule is Cc1csc(NC(=O)Nc2ccccc2S)n1. The zero-order chi connectivity index (χ0) is 12.3. The molecule has 2 N–H and O–H groups in total. The van der Waals surface area contributed by atoms with Gasteiger partial charge in [0.15, 0.2) is 5.13 Å². The van der Waals surface area contributed by atoms with E-state index in [1.54, 1.807) is 6.07 Å². The van der Waals surface area contributed by atoms with Gasteiger partial charge in [-0.25, -0.2) is 9.78 Å². The van der Waals surface area contributed by atoms with E-state index in [9.17, 15) is 4.79 Å². The summed E-state index contributed by atoms with van der Waals surface area (Å²) in [5.74, 6) is 0.